The number of amides is 2. The number of hydrogen-bond acceptors (Lipinski definition) is 10. The van der Waals surface area contributed by atoms with Crippen LogP contribution < -0.4 is 20.8 Å². The first-order valence-electron chi connectivity index (χ1n) is 10.1. The molecule has 0 aliphatic heterocycles. The molecule has 0 fully saturated rings. The maximum atomic E-state index is 13.5. The lowest BCUT2D eigenvalue weighted by Crippen LogP contribution is -2.57. The molecule has 196 valence electrons. The number of rotatable bonds is 12. The molecular weight excluding hydrogens is 510 g/mol. The number of alkyl carbamates (subject to hydrolysis) is 2. The zero-order chi connectivity index (χ0) is 26.3. The number of ether oxygens (including phenoxy) is 2. The van der Waals surface area contributed by atoms with Gasteiger partial charge < -0.3 is 29.9 Å². The third-order valence-corrected chi connectivity index (χ3v) is 8.91. The van der Waals surface area contributed by atoms with Gasteiger partial charge in [0.05, 0.1) is 13.2 Å². The van der Waals surface area contributed by atoms with Crippen molar-refractivity contribution in [2.45, 2.75) is 44.7 Å². The molecule has 4 atom stereocenters. The van der Waals surface area contributed by atoms with Gasteiger partial charge in [-0.05, 0) is 27.7 Å². The predicted molar refractivity (Wildman–Crippen MR) is 121 cm³/mol. The molecule has 0 spiro atoms. The van der Waals surface area contributed by atoms with E-state index in [0.29, 0.717) is 0 Å². The summed E-state index contributed by atoms with van der Waals surface area (Å²) in [4.78, 5) is 54.0. The Morgan fingerprint density at radius 3 is 1.54 bits per heavy atom. The molecule has 18 nitrogen and oxygen atoms in total. The second-order valence-corrected chi connectivity index (χ2v) is 12.2. The summed E-state index contributed by atoms with van der Waals surface area (Å²) >= 11 is 0. The molecule has 2 aromatic heterocycles. The van der Waals surface area contributed by atoms with Crippen LogP contribution in [0.5, 0.6) is 0 Å². The lowest BCUT2D eigenvalue weighted by atomic mass is 10.1. The van der Waals surface area contributed by atoms with Crippen LogP contribution in [0.1, 0.15) is 34.1 Å². The third-order valence-electron chi connectivity index (χ3n) is 4.66. The number of anilines is 2. The standard InChI is InChI=1S/C15H28N10O8P2/c1-5-32-12(26)20-14(3,34(28,29)24-10-16-8-18-22-10)7-15(4,21-13(27)33-6-2)35(30,31)25-11-17-9-19-23-11/h8-9H,5-7H2,1-4H3,(H,20,26)(H,21,27)(H3,16,18,22,24,28,29)(H3,17,19,23,25,30,31). The molecule has 20 heteroatoms. The number of H-pyrrole nitrogens is 2. The first kappa shape index (κ1) is 28.0. The summed E-state index contributed by atoms with van der Waals surface area (Å²) in [7, 11) is -9.52. The Kier molecular flexibility index (Phi) is 8.84. The van der Waals surface area contributed by atoms with Gasteiger partial charge in [0.25, 0.3) is 0 Å². The zero-order valence-electron chi connectivity index (χ0n) is 19.3. The molecule has 0 bridgehead atoms. The Morgan fingerprint density at radius 1 is 0.886 bits per heavy atom. The highest BCUT2D eigenvalue weighted by molar-refractivity contribution is 7.62. The van der Waals surface area contributed by atoms with Gasteiger partial charge in [-0.15, -0.1) is 0 Å². The molecule has 4 unspecified atom stereocenters. The maximum Gasteiger partial charge on any atom is 0.408 e. The van der Waals surface area contributed by atoms with Crippen LogP contribution in [0.15, 0.2) is 12.7 Å². The topological polar surface area (TPSA) is 258 Å². The molecule has 2 rings (SSSR count). The second-order valence-electron chi connectivity index (χ2n) is 7.46. The molecule has 0 aliphatic carbocycles. The first-order chi connectivity index (χ1) is 16.3. The van der Waals surface area contributed by atoms with Crippen LogP contribution in [0.3, 0.4) is 0 Å². The normalized spacial score (nSPS) is 18.0. The molecule has 2 aromatic rings. The number of carbonyl (C=O) groups is 2. The molecule has 0 saturated carbocycles. The number of aromatic nitrogens is 6. The summed E-state index contributed by atoms with van der Waals surface area (Å²) in [6, 6.07) is 0. The number of nitrogens with one attached hydrogen (secondary N) is 6. The van der Waals surface area contributed by atoms with E-state index in [4.69, 9.17) is 9.47 Å². The van der Waals surface area contributed by atoms with Crippen LogP contribution in [-0.2, 0) is 18.6 Å². The van der Waals surface area contributed by atoms with Crippen molar-refractivity contribution in [2.24, 2.45) is 0 Å². The predicted octanol–water partition coefficient (Wildman–Crippen LogP) is 1.13. The number of hydrogen-bond donors (Lipinski definition) is 8. The quantitative estimate of drug-likeness (QED) is 0.176. The molecule has 0 saturated heterocycles. The average Bonchev–Trinajstić information content (AvgIpc) is 3.41. The Bertz CT molecular complexity index is 999. The van der Waals surface area contributed by atoms with Crippen molar-refractivity contribution in [1.82, 2.24) is 41.0 Å². The van der Waals surface area contributed by atoms with Gasteiger partial charge in [0.1, 0.15) is 23.2 Å². The van der Waals surface area contributed by atoms with E-state index >= 15 is 0 Å². The van der Waals surface area contributed by atoms with Crippen molar-refractivity contribution < 1.29 is 38.0 Å². The van der Waals surface area contributed by atoms with Crippen LogP contribution in [0.4, 0.5) is 21.5 Å². The molecule has 0 radical (unpaired) electrons. The summed E-state index contributed by atoms with van der Waals surface area (Å²) in [6.45, 7) is 5.12. The van der Waals surface area contributed by atoms with Crippen molar-refractivity contribution in [3.63, 3.8) is 0 Å². The average molecular weight is 538 g/mol. The van der Waals surface area contributed by atoms with E-state index in [0.717, 1.165) is 26.5 Å². The molecule has 2 heterocycles. The lowest BCUT2D eigenvalue weighted by molar-refractivity contribution is 0.136. The fourth-order valence-electron chi connectivity index (χ4n) is 2.95. The van der Waals surface area contributed by atoms with Gasteiger partial charge in [-0.1, -0.05) is 0 Å². The summed E-state index contributed by atoms with van der Waals surface area (Å²) in [5.74, 6) is -0.445. The third kappa shape index (κ3) is 6.91. The Labute approximate surface area is 199 Å². The molecule has 0 aromatic carbocycles. The Balaban J connectivity index is 2.54. The number of aromatic amines is 2. The van der Waals surface area contributed by atoms with E-state index in [1.165, 1.54) is 13.8 Å². The summed E-state index contributed by atoms with van der Waals surface area (Å²) in [5.41, 5.74) is 0. The smallest absolute Gasteiger partial charge is 0.408 e. The van der Waals surface area contributed by atoms with E-state index in [1.54, 1.807) is 0 Å². The van der Waals surface area contributed by atoms with Gasteiger partial charge in [-0.25, -0.2) is 19.8 Å². The van der Waals surface area contributed by atoms with Crippen LogP contribution in [-0.4, -0.2) is 76.1 Å². The Morgan fingerprint density at radius 2 is 1.26 bits per heavy atom. The van der Waals surface area contributed by atoms with Crippen LogP contribution in [0.25, 0.3) is 0 Å². The van der Waals surface area contributed by atoms with Gasteiger partial charge in [0, 0.05) is 6.42 Å². The molecule has 35 heavy (non-hydrogen) atoms. The number of nitrogens with zero attached hydrogens (tertiary/aromatic N) is 4. The monoisotopic (exact) mass is 538 g/mol. The Hall–Kier alpha value is -3.20. The van der Waals surface area contributed by atoms with Crippen molar-refractivity contribution in [3.05, 3.63) is 12.7 Å². The molecule has 0 aliphatic rings. The largest absolute Gasteiger partial charge is 0.450 e. The van der Waals surface area contributed by atoms with Gasteiger partial charge in [-0.3, -0.25) is 19.3 Å². The van der Waals surface area contributed by atoms with Gasteiger partial charge in [0.15, 0.2) is 0 Å². The molecule has 2 amide bonds. The van der Waals surface area contributed by atoms with E-state index in [9.17, 15) is 28.5 Å². The zero-order valence-corrected chi connectivity index (χ0v) is 21.1. The van der Waals surface area contributed by atoms with Crippen molar-refractivity contribution in [2.75, 3.05) is 23.4 Å². The highest BCUT2D eigenvalue weighted by atomic mass is 31.2. The summed E-state index contributed by atoms with van der Waals surface area (Å²) in [6.07, 6.45) is -0.875. The van der Waals surface area contributed by atoms with Gasteiger partial charge >= 0.3 is 27.2 Å². The molecule has 8 N–H and O–H groups in total. The van der Waals surface area contributed by atoms with Crippen molar-refractivity contribution >= 4 is 39.1 Å². The molecular formula is C15H28N10O8P2. The SMILES string of the molecule is CCOC(=O)NC(C)(CC(C)(NC(=O)OCC)P(=O)(O)Nc1ncn[nH]1)P(=O)(O)Nc1ncn[nH]1. The lowest BCUT2D eigenvalue weighted by Gasteiger charge is -2.42. The van der Waals surface area contributed by atoms with Crippen molar-refractivity contribution in [1.29, 1.82) is 0 Å². The highest BCUT2D eigenvalue weighted by Crippen LogP contribution is 2.61. The fraction of sp³-hybridized carbons (Fsp3) is 0.600. The van der Waals surface area contributed by atoms with E-state index in [-0.39, 0.29) is 25.1 Å². The minimum atomic E-state index is -4.76. The maximum absolute atomic E-state index is 13.5. The van der Waals surface area contributed by atoms with Crippen LogP contribution in [0.2, 0.25) is 0 Å². The van der Waals surface area contributed by atoms with E-state index < -0.39 is 44.2 Å². The van der Waals surface area contributed by atoms with Crippen LogP contribution >= 0.6 is 15.0 Å². The minimum Gasteiger partial charge on any atom is -0.450 e. The van der Waals surface area contributed by atoms with E-state index in [1.807, 2.05) is 0 Å². The summed E-state index contributed by atoms with van der Waals surface area (Å²) < 4.78 is 36.7. The number of carbonyl (C=O) groups excluding carboxylic acids is 2. The van der Waals surface area contributed by atoms with Gasteiger partial charge in [0.2, 0.25) is 11.9 Å². The van der Waals surface area contributed by atoms with E-state index in [2.05, 4.69) is 51.2 Å². The highest BCUT2D eigenvalue weighted by Gasteiger charge is 2.57. The van der Waals surface area contributed by atoms with Gasteiger partial charge in [-0.2, -0.15) is 20.2 Å². The van der Waals surface area contributed by atoms with Crippen LogP contribution in [0, 0.1) is 0 Å². The first-order valence-corrected chi connectivity index (χ1v) is 13.4. The second kappa shape index (κ2) is 11.0. The summed E-state index contributed by atoms with van der Waals surface area (Å²) in [5, 5.41) is 16.3. The minimum absolute atomic E-state index is 0.0724. The van der Waals surface area contributed by atoms with Crippen molar-refractivity contribution in [3.8, 4) is 0 Å². The fourth-order valence-corrected chi connectivity index (χ4v) is 5.91.